The summed E-state index contributed by atoms with van der Waals surface area (Å²) in [5.41, 5.74) is 2.49. The molecule has 3 heteroatoms. The van der Waals surface area contributed by atoms with Crippen molar-refractivity contribution < 1.29 is 4.74 Å². The Bertz CT molecular complexity index is 324. The zero-order chi connectivity index (χ0) is 13.4. The van der Waals surface area contributed by atoms with Crippen molar-refractivity contribution in [2.75, 3.05) is 38.7 Å². The average Bonchev–Trinajstić information content (AvgIpc) is 2.37. The van der Waals surface area contributed by atoms with Gasteiger partial charge in [-0.2, -0.15) is 0 Å². The third-order valence-electron chi connectivity index (χ3n) is 3.22. The number of benzene rings is 1. The molecule has 0 aromatic heterocycles. The number of hydrogen-bond donors (Lipinski definition) is 1. The van der Waals surface area contributed by atoms with Crippen molar-refractivity contribution in [1.29, 1.82) is 0 Å². The SMILES string of the molecule is CCN(CCNc1ccc(C)cc1)C(C)COC. The van der Waals surface area contributed by atoms with E-state index in [-0.39, 0.29) is 0 Å². The summed E-state index contributed by atoms with van der Waals surface area (Å²) < 4.78 is 5.20. The van der Waals surface area contributed by atoms with Crippen LogP contribution in [-0.4, -0.2) is 44.3 Å². The highest BCUT2D eigenvalue weighted by Crippen LogP contribution is 2.08. The Labute approximate surface area is 111 Å². The highest BCUT2D eigenvalue weighted by atomic mass is 16.5. The van der Waals surface area contributed by atoms with Crippen molar-refractivity contribution in [1.82, 2.24) is 4.90 Å². The standard InChI is InChI=1S/C15H26N2O/c1-5-17(14(3)12-18-4)11-10-16-15-8-6-13(2)7-9-15/h6-9,14,16H,5,10-12H2,1-4H3. The van der Waals surface area contributed by atoms with Crippen molar-refractivity contribution in [2.45, 2.75) is 26.8 Å². The summed E-state index contributed by atoms with van der Waals surface area (Å²) in [4.78, 5) is 2.42. The van der Waals surface area contributed by atoms with Crippen molar-refractivity contribution in [3.05, 3.63) is 29.8 Å². The van der Waals surface area contributed by atoms with Gasteiger partial charge in [0, 0.05) is 31.9 Å². The Hall–Kier alpha value is -1.06. The molecule has 0 radical (unpaired) electrons. The Morgan fingerprint density at radius 1 is 1.28 bits per heavy atom. The Balaban J connectivity index is 2.32. The van der Waals surface area contributed by atoms with Gasteiger partial charge < -0.3 is 10.1 Å². The lowest BCUT2D eigenvalue weighted by atomic mass is 10.2. The molecular weight excluding hydrogens is 224 g/mol. The van der Waals surface area contributed by atoms with Gasteiger partial charge in [0.2, 0.25) is 0 Å². The van der Waals surface area contributed by atoms with Crippen LogP contribution >= 0.6 is 0 Å². The van der Waals surface area contributed by atoms with Crippen LogP contribution in [0.1, 0.15) is 19.4 Å². The fourth-order valence-corrected chi connectivity index (χ4v) is 2.05. The van der Waals surface area contributed by atoms with Crippen LogP contribution in [0.25, 0.3) is 0 Å². The smallest absolute Gasteiger partial charge is 0.0615 e. The van der Waals surface area contributed by atoms with Crippen LogP contribution in [-0.2, 0) is 4.74 Å². The molecule has 0 aliphatic heterocycles. The summed E-state index contributed by atoms with van der Waals surface area (Å²) in [6, 6.07) is 9.00. The van der Waals surface area contributed by atoms with Crippen molar-refractivity contribution in [2.24, 2.45) is 0 Å². The highest BCUT2D eigenvalue weighted by Gasteiger charge is 2.10. The maximum Gasteiger partial charge on any atom is 0.0615 e. The van der Waals surface area contributed by atoms with Crippen LogP contribution in [0.4, 0.5) is 5.69 Å². The molecule has 0 fully saturated rings. The maximum atomic E-state index is 5.20. The molecule has 1 N–H and O–H groups in total. The van der Waals surface area contributed by atoms with Crippen molar-refractivity contribution >= 4 is 5.69 Å². The fraction of sp³-hybridized carbons (Fsp3) is 0.600. The number of likely N-dealkylation sites (N-methyl/N-ethyl adjacent to an activating group) is 1. The van der Waals surface area contributed by atoms with Crippen LogP contribution in [0.15, 0.2) is 24.3 Å². The number of nitrogens with zero attached hydrogens (tertiary/aromatic N) is 1. The molecule has 1 aromatic carbocycles. The number of aryl methyl sites for hydroxylation is 1. The van der Waals surface area contributed by atoms with Gasteiger partial charge in [-0.1, -0.05) is 24.6 Å². The van der Waals surface area contributed by atoms with E-state index in [1.807, 2.05) is 0 Å². The first-order chi connectivity index (χ1) is 8.67. The van der Waals surface area contributed by atoms with Crippen molar-refractivity contribution in [3.8, 4) is 0 Å². The van der Waals surface area contributed by atoms with Gasteiger partial charge >= 0.3 is 0 Å². The van der Waals surface area contributed by atoms with Gasteiger partial charge in [0.15, 0.2) is 0 Å². The molecule has 1 rings (SSSR count). The second-order valence-electron chi connectivity index (χ2n) is 4.73. The van der Waals surface area contributed by atoms with Crippen LogP contribution < -0.4 is 5.32 Å². The number of hydrogen-bond acceptors (Lipinski definition) is 3. The lowest BCUT2D eigenvalue weighted by Crippen LogP contribution is -2.39. The summed E-state index contributed by atoms with van der Waals surface area (Å²) >= 11 is 0. The molecule has 0 bridgehead atoms. The Kier molecular flexibility index (Phi) is 6.76. The molecule has 0 aliphatic carbocycles. The lowest BCUT2D eigenvalue weighted by molar-refractivity contribution is 0.105. The summed E-state index contributed by atoms with van der Waals surface area (Å²) in [5, 5.41) is 3.45. The molecule has 0 amide bonds. The second kappa shape index (κ2) is 8.11. The van der Waals surface area contributed by atoms with Crippen molar-refractivity contribution in [3.63, 3.8) is 0 Å². The van der Waals surface area contributed by atoms with Gasteiger partial charge in [-0.05, 0) is 32.5 Å². The van der Waals surface area contributed by atoms with Gasteiger partial charge in [0.25, 0.3) is 0 Å². The zero-order valence-corrected chi connectivity index (χ0v) is 12.1. The van der Waals surface area contributed by atoms with E-state index in [2.05, 4.69) is 55.3 Å². The molecule has 1 aromatic rings. The number of rotatable bonds is 8. The van der Waals surface area contributed by atoms with Gasteiger partial charge in [0.1, 0.15) is 0 Å². The van der Waals surface area contributed by atoms with E-state index in [0.717, 1.165) is 26.2 Å². The van der Waals surface area contributed by atoms with E-state index >= 15 is 0 Å². The molecule has 0 heterocycles. The normalized spacial score (nSPS) is 12.7. The van der Waals surface area contributed by atoms with Gasteiger partial charge in [-0.25, -0.2) is 0 Å². The third-order valence-corrected chi connectivity index (χ3v) is 3.22. The molecule has 0 aliphatic rings. The number of nitrogens with one attached hydrogen (secondary N) is 1. The summed E-state index contributed by atoms with van der Waals surface area (Å²) in [6.07, 6.45) is 0. The molecule has 0 saturated heterocycles. The molecule has 18 heavy (non-hydrogen) atoms. The molecule has 0 spiro atoms. The quantitative estimate of drug-likeness (QED) is 0.768. The van der Waals surface area contributed by atoms with Crippen LogP contribution in [0.5, 0.6) is 0 Å². The van der Waals surface area contributed by atoms with E-state index in [1.165, 1.54) is 11.3 Å². The molecular formula is C15H26N2O. The molecule has 3 nitrogen and oxygen atoms in total. The minimum atomic E-state index is 0.472. The summed E-state index contributed by atoms with van der Waals surface area (Å²) in [7, 11) is 1.76. The summed E-state index contributed by atoms with van der Waals surface area (Å²) in [6.45, 7) is 10.4. The van der Waals surface area contributed by atoms with Crippen LogP contribution in [0, 0.1) is 6.92 Å². The first kappa shape index (κ1) is 15.0. The summed E-state index contributed by atoms with van der Waals surface area (Å²) in [5.74, 6) is 0. The van der Waals surface area contributed by atoms with Gasteiger partial charge in [-0.15, -0.1) is 0 Å². The Morgan fingerprint density at radius 2 is 1.94 bits per heavy atom. The maximum absolute atomic E-state index is 5.20. The molecule has 102 valence electrons. The predicted molar refractivity (Wildman–Crippen MR) is 78.3 cm³/mol. The monoisotopic (exact) mass is 250 g/mol. The van der Waals surface area contributed by atoms with E-state index in [1.54, 1.807) is 7.11 Å². The van der Waals surface area contributed by atoms with Gasteiger partial charge in [0.05, 0.1) is 6.61 Å². The van der Waals surface area contributed by atoms with Crippen LogP contribution in [0.3, 0.4) is 0 Å². The zero-order valence-electron chi connectivity index (χ0n) is 12.1. The van der Waals surface area contributed by atoms with E-state index in [0.29, 0.717) is 6.04 Å². The largest absolute Gasteiger partial charge is 0.384 e. The predicted octanol–water partition coefficient (Wildman–Crippen LogP) is 2.76. The van der Waals surface area contributed by atoms with Gasteiger partial charge in [-0.3, -0.25) is 4.90 Å². The average molecular weight is 250 g/mol. The van der Waals surface area contributed by atoms with E-state index in [4.69, 9.17) is 4.74 Å². The topological polar surface area (TPSA) is 24.5 Å². The molecule has 1 atom stereocenters. The van der Waals surface area contributed by atoms with E-state index < -0.39 is 0 Å². The van der Waals surface area contributed by atoms with E-state index in [9.17, 15) is 0 Å². The number of ether oxygens (including phenoxy) is 1. The highest BCUT2D eigenvalue weighted by molar-refractivity contribution is 5.44. The molecule has 0 saturated carbocycles. The second-order valence-corrected chi connectivity index (χ2v) is 4.73. The molecule has 1 unspecified atom stereocenters. The minimum Gasteiger partial charge on any atom is -0.384 e. The minimum absolute atomic E-state index is 0.472. The third kappa shape index (κ3) is 5.07. The number of methoxy groups -OCH3 is 1. The van der Waals surface area contributed by atoms with Crippen LogP contribution in [0.2, 0.25) is 0 Å². The lowest BCUT2D eigenvalue weighted by Gasteiger charge is -2.27. The Morgan fingerprint density at radius 3 is 2.50 bits per heavy atom. The first-order valence-electron chi connectivity index (χ1n) is 6.71. The first-order valence-corrected chi connectivity index (χ1v) is 6.71. The fourth-order valence-electron chi connectivity index (χ4n) is 2.05. The number of anilines is 1.